The van der Waals surface area contributed by atoms with Crippen LogP contribution in [0.4, 0.5) is 0 Å². The molecular formula is C12H20N2O3S2. The highest BCUT2D eigenvalue weighted by atomic mass is 32.2. The maximum absolute atomic E-state index is 12.5. The van der Waals surface area contributed by atoms with Gasteiger partial charge in [0.1, 0.15) is 4.21 Å². The first-order valence-electron chi connectivity index (χ1n) is 6.35. The Balaban J connectivity index is 2.14. The van der Waals surface area contributed by atoms with Crippen molar-refractivity contribution in [2.45, 2.75) is 23.6 Å². The molecule has 0 amide bonds. The summed E-state index contributed by atoms with van der Waals surface area (Å²) < 4.78 is 32.1. The lowest BCUT2D eigenvalue weighted by Crippen LogP contribution is -2.40. The number of ether oxygens (including phenoxy) is 1. The molecule has 5 nitrogen and oxygen atoms in total. The maximum Gasteiger partial charge on any atom is 0.252 e. The van der Waals surface area contributed by atoms with Crippen molar-refractivity contribution in [1.82, 2.24) is 4.31 Å². The van der Waals surface area contributed by atoms with Crippen molar-refractivity contribution in [3.63, 3.8) is 0 Å². The van der Waals surface area contributed by atoms with Crippen molar-refractivity contribution in [3.8, 4) is 0 Å². The maximum atomic E-state index is 12.5. The molecule has 1 atom stereocenters. The van der Waals surface area contributed by atoms with Gasteiger partial charge in [-0.3, -0.25) is 0 Å². The summed E-state index contributed by atoms with van der Waals surface area (Å²) in [6, 6.07) is 3.44. The Morgan fingerprint density at radius 1 is 1.53 bits per heavy atom. The molecule has 2 rings (SSSR count). The van der Waals surface area contributed by atoms with Crippen LogP contribution in [0.15, 0.2) is 16.3 Å². The van der Waals surface area contributed by atoms with Gasteiger partial charge in [-0.15, -0.1) is 11.3 Å². The van der Waals surface area contributed by atoms with Crippen LogP contribution in [0, 0.1) is 5.92 Å². The molecule has 0 bridgehead atoms. The van der Waals surface area contributed by atoms with Crippen molar-refractivity contribution < 1.29 is 13.2 Å². The van der Waals surface area contributed by atoms with E-state index < -0.39 is 10.0 Å². The Morgan fingerprint density at radius 2 is 2.32 bits per heavy atom. The average Bonchev–Trinajstić information content (AvgIpc) is 2.89. The second-order valence-corrected chi connectivity index (χ2v) is 8.08. The zero-order chi connectivity index (χ0) is 13.9. The number of rotatable bonds is 5. The summed E-state index contributed by atoms with van der Waals surface area (Å²) in [6.07, 6.45) is 1.92. The molecular weight excluding hydrogens is 284 g/mol. The molecule has 1 aromatic rings. The van der Waals surface area contributed by atoms with E-state index in [-0.39, 0.29) is 0 Å². The number of sulfonamides is 1. The highest BCUT2D eigenvalue weighted by Crippen LogP contribution is 2.28. The Bertz CT molecular complexity index is 511. The standard InChI is InChI=1S/C12H20N2O3S2/c1-17-9-10-3-2-6-14(8-10)19(15,16)12-5-4-11(7-13)18-12/h4-5,10H,2-3,6-9,13H2,1H3. The predicted octanol–water partition coefficient (Wildman–Crippen LogP) is 1.25. The Labute approximate surface area is 118 Å². The van der Waals surface area contributed by atoms with Crippen molar-refractivity contribution in [2.24, 2.45) is 11.7 Å². The molecule has 1 unspecified atom stereocenters. The molecule has 2 heterocycles. The highest BCUT2D eigenvalue weighted by molar-refractivity contribution is 7.91. The summed E-state index contributed by atoms with van der Waals surface area (Å²) in [5.74, 6) is 0.294. The first-order valence-corrected chi connectivity index (χ1v) is 8.61. The fourth-order valence-electron chi connectivity index (χ4n) is 2.35. The number of nitrogens with two attached hydrogens (primary N) is 1. The van der Waals surface area contributed by atoms with Crippen LogP contribution in [0.2, 0.25) is 0 Å². The number of hydrogen-bond acceptors (Lipinski definition) is 5. The fourth-order valence-corrected chi connectivity index (χ4v) is 5.29. The first-order chi connectivity index (χ1) is 9.07. The lowest BCUT2D eigenvalue weighted by atomic mass is 10.0. The van der Waals surface area contributed by atoms with Gasteiger partial charge in [-0.2, -0.15) is 4.31 Å². The summed E-state index contributed by atoms with van der Waals surface area (Å²) in [5.41, 5.74) is 5.53. The highest BCUT2D eigenvalue weighted by Gasteiger charge is 2.31. The van der Waals surface area contributed by atoms with Crippen LogP contribution in [0.3, 0.4) is 0 Å². The largest absolute Gasteiger partial charge is 0.384 e. The third kappa shape index (κ3) is 3.35. The quantitative estimate of drug-likeness (QED) is 0.888. The van der Waals surface area contributed by atoms with Crippen LogP contribution in [-0.2, 0) is 21.3 Å². The van der Waals surface area contributed by atoms with E-state index in [9.17, 15) is 8.42 Å². The monoisotopic (exact) mass is 304 g/mol. The molecule has 1 saturated heterocycles. The lowest BCUT2D eigenvalue weighted by molar-refractivity contribution is 0.118. The van der Waals surface area contributed by atoms with Crippen molar-refractivity contribution in [3.05, 3.63) is 17.0 Å². The third-order valence-electron chi connectivity index (χ3n) is 3.32. The van der Waals surface area contributed by atoms with Crippen LogP contribution in [0.25, 0.3) is 0 Å². The normalized spacial score (nSPS) is 21.7. The van der Waals surface area contributed by atoms with E-state index in [1.807, 2.05) is 0 Å². The Morgan fingerprint density at radius 3 is 2.95 bits per heavy atom. The minimum Gasteiger partial charge on any atom is -0.384 e. The third-order valence-corrected chi connectivity index (χ3v) is 6.76. The lowest BCUT2D eigenvalue weighted by Gasteiger charge is -2.31. The predicted molar refractivity (Wildman–Crippen MR) is 75.6 cm³/mol. The molecule has 0 saturated carbocycles. The molecule has 19 heavy (non-hydrogen) atoms. The van der Waals surface area contributed by atoms with E-state index in [0.29, 0.717) is 36.4 Å². The second kappa shape index (κ2) is 6.32. The van der Waals surface area contributed by atoms with Gasteiger partial charge in [0.15, 0.2) is 0 Å². The van der Waals surface area contributed by atoms with Crippen LogP contribution in [0.5, 0.6) is 0 Å². The molecule has 0 spiro atoms. The second-order valence-electron chi connectivity index (χ2n) is 4.75. The van der Waals surface area contributed by atoms with Crippen LogP contribution in [-0.4, -0.2) is 39.5 Å². The molecule has 1 aliphatic heterocycles. The van der Waals surface area contributed by atoms with Gasteiger partial charge < -0.3 is 10.5 Å². The van der Waals surface area contributed by atoms with E-state index >= 15 is 0 Å². The van der Waals surface area contributed by atoms with E-state index in [0.717, 1.165) is 17.7 Å². The molecule has 0 radical (unpaired) electrons. The molecule has 7 heteroatoms. The van der Waals surface area contributed by atoms with E-state index in [4.69, 9.17) is 10.5 Å². The zero-order valence-corrected chi connectivity index (χ0v) is 12.7. The average molecular weight is 304 g/mol. The molecule has 1 aromatic heterocycles. The molecule has 1 fully saturated rings. The van der Waals surface area contributed by atoms with Gasteiger partial charge in [-0.1, -0.05) is 0 Å². The van der Waals surface area contributed by atoms with E-state index in [1.165, 1.54) is 11.3 Å². The SMILES string of the molecule is COCC1CCCN(S(=O)(=O)c2ccc(CN)s2)C1. The van der Waals surface area contributed by atoms with Gasteiger partial charge in [-0.25, -0.2) is 8.42 Å². The van der Waals surface area contributed by atoms with Gasteiger partial charge in [-0.05, 0) is 30.9 Å². The molecule has 0 aliphatic carbocycles. The van der Waals surface area contributed by atoms with Gasteiger partial charge in [0, 0.05) is 31.6 Å². The summed E-state index contributed by atoms with van der Waals surface area (Å²) in [4.78, 5) is 0.893. The summed E-state index contributed by atoms with van der Waals surface area (Å²) in [7, 11) is -1.71. The van der Waals surface area contributed by atoms with Crippen LogP contribution < -0.4 is 5.73 Å². The van der Waals surface area contributed by atoms with Crippen LogP contribution in [0.1, 0.15) is 17.7 Å². The number of nitrogens with zero attached hydrogens (tertiary/aromatic N) is 1. The first kappa shape index (κ1) is 14.9. The van der Waals surface area contributed by atoms with E-state index in [2.05, 4.69) is 0 Å². The molecule has 108 valence electrons. The number of thiophene rings is 1. The topological polar surface area (TPSA) is 72.6 Å². The van der Waals surface area contributed by atoms with Gasteiger partial charge in [0.25, 0.3) is 10.0 Å². The van der Waals surface area contributed by atoms with Gasteiger partial charge in [0.2, 0.25) is 0 Å². The number of hydrogen-bond donors (Lipinski definition) is 1. The zero-order valence-electron chi connectivity index (χ0n) is 11.0. The Kier molecular flexibility index (Phi) is 4.97. The van der Waals surface area contributed by atoms with Crippen LogP contribution >= 0.6 is 11.3 Å². The minimum atomic E-state index is -3.36. The minimum absolute atomic E-state index is 0.294. The van der Waals surface area contributed by atoms with Crippen molar-refractivity contribution in [1.29, 1.82) is 0 Å². The fraction of sp³-hybridized carbons (Fsp3) is 0.667. The smallest absolute Gasteiger partial charge is 0.252 e. The van der Waals surface area contributed by atoms with Crippen molar-refractivity contribution >= 4 is 21.4 Å². The summed E-state index contributed by atoms with van der Waals surface area (Å²) >= 11 is 1.26. The summed E-state index contributed by atoms with van der Waals surface area (Å²) in [6.45, 7) is 2.14. The van der Waals surface area contributed by atoms with E-state index in [1.54, 1.807) is 23.5 Å². The molecule has 1 aliphatic rings. The number of piperidine rings is 1. The van der Waals surface area contributed by atoms with Gasteiger partial charge in [0.05, 0.1) is 6.61 Å². The van der Waals surface area contributed by atoms with Gasteiger partial charge >= 0.3 is 0 Å². The Hall–Kier alpha value is -0.470. The molecule has 0 aromatic carbocycles. The molecule has 2 N–H and O–H groups in total. The summed E-state index contributed by atoms with van der Waals surface area (Å²) in [5, 5.41) is 0. The number of methoxy groups -OCH3 is 1. The van der Waals surface area contributed by atoms with Crippen molar-refractivity contribution in [2.75, 3.05) is 26.8 Å².